The van der Waals surface area contributed by atoms with Crippen molar-refractivity contribution < 1.29 is 0 Å². The second kappa shape index (κ2) is 10.7. The smallest absolute Gasteiger partial charge is 0.0580 e. The zero-order chi connectivity index (χ0) is 33.7. The zero-order valence-corrected chi connectivity index (χ0v) is 30.9. The van der Waals surface area contributed by atoms with E-state index in [2.05, 4.69) is 160 Å². The van der Waals surface area contributed by atoms with Crippen molar-refractivity contribution in [1.29, 1.82) is 0 Å². The number of benzene rings is 5. The molecule has 0 heterocycles. The Balaban J connectivity index is 1.62. The van der Waals surface area contributed by atoms with Crippen LogP contribution in [0.2, 0.25) is 0 Å². The highest BCUT2D eigenvalue weighted by Gasteiger charge is 2.42. The molecule has 5 aromatic rings. The summed E-state index contributed by atoms with van der Waals surface area (Å²) < 4.78 is 0. The number of hydrogen-bond donors (Lipinski definition) is 0. The van der Waals surface area contributed by atoms with Crippen LogP contribution in [0.25, 0.3) is 21.5 Å². The van der Waals surface area contributed by atoms with Gasteiger partial charge in [0.25, 0.3) is 0 Å². The van der Waals surface area contributed by atoms with Crippen LogP contribution in [0.15, 0.2) is 78.9 Å². The highest BCUT2D eigenvalue weighted by atomic mass is 15.1. The number of aryl methyl sites for hydroxylation is 1. The van der Waals surface area contributed by atoms with Gasteiger partial charge in [0.15, 0.2) is 0 Å². The third-order valence-electron chi connectivity index (χ3n) is 12.2. The van der Waals surface area contributed by atoms with E-state index in [0.29, 0.717) is 5.92 Å². The van der Waals surface area contributed by atoms with Gasteiger partial charge in [-0.1, -0.05) is 117 Å². The fourth-order valence-corrected chi connectivity index (χ4v) is 8.64. The maximum absolute atomic E-state index is 2.59. The summed E-state index contributed by atoms with van der Waals surface area (Å²) in [5, 5.41) is 5.42. The molecule has 0 unspecified atom stereocenters. The van der Waals surface area contributed by atoms with Crippen LogP contribution in [-0.2, 0) is 21.7 Å². The molecule has 0 saturated carbocycles. The molecule has 0 bridgehead atoms. The number of anilines is 3. The van der Waals surface area contributed by atoms with Gasteiger partial charge in [0.2, 0.25) is 0 Å². The molecule has 0 saturated heterocycles. The summed E-state index contributed by atoms with van der Waals surface area (Å²) in [5.74, 6) is 0.494. The van der Waals surface area contributed by atoms with Crippen molar-refractivity contribution in [2.45, 2.75) is 129 Å². The van der Waals surface area contributed by atoms with E-state index in [4.69, 9.17) is 0 Å². The predicted octanol–water partition coefficient (Wildman–Crippen LogP) is 13.6. The van der Waals surface area contributed by atoms with E-state index in [9.17, 15) is 0 Å². The van der Waals surface area contributed by atoms with E-state index < -0.39 is 0 Å². The van der Waals surface area contributed by atoms with Gasteiger partial charge in [-0.25, -0.2) is 0 Å². The second-order valence-electron chi connectivity index (χ2n) is 17.9. The van der Waals surface area contributed by atoms with Crippen molar-refractivity contribution in [2.75, 3.05) is 4.90 Å². The first-order valence-corrected chi connectivity index (χ1v) is 18.1. The standard InChI is InChI=1S/C46H55N/c1-29(2)31-14-18-36(19-15-31)47(35-16-12-30(3)13-17-35)42-37-25-33-27-39-38(43(4,5)20-21-44(39,6)7)26-32(33)24-34(37)28-40-41(42)46(10,11)23-22-45(40,8)9/h12-19,24-29H,20-23H2,1-11H3. The highest BCUT2D eigenvalue weighted by molar-refractivity contribution is 6.08. The van der Waals surface area contributed by atoms with Crippen molar-refractivity contribution in [1.82, 2.24) is 0 Å². The minimum absolute atomic E-state index is 0.0338. The van der Waals surface area contributed by atoms with Gasteiger partial charge >= 0.3 is 0 Å². The Kier molecular flexibility index (Phi) is 7.29. The molecule has 1 nitrogen and oxygen atoms in total. The lowest BCUT2D eigenvalue weighted by Gasteiger charge is -2.45. The van der Waals surface area contributed by atoms with Crippen LogP contribution in [0.4, 0.5) is 17.1 Å². The first kappa shape index (κ1) is 32.0. The van der Waals surface area contributed by atoms with Crippen molar-refractivity contribution in [3.63, 3.8) is 0 Å². The first-order valence-electron chi connectivity index (χ1n) is 18.1. The summed E-state index contributed by atoms with van der Waals surface area (Å²) >= 11 is 0. The summed E-state index contributed by atoms with van der Waals surface area (Å²) in [6.07, 6.45) is 4.82. The molecular formula is C46H55N. The summed E-state index contributed by atoms with van der Waals surface area (Å²) in [4.78, 5) is 2.59. The number of rotatable bonds is 4. The Bertz CT molecular complexity index is 2000. The molecule has 5 aromatic carbocycles. The summed E-state index contributed by atoms with van der Waals surface area (Å²) in [6.45, 7) is 26.4. The summed E-state index contributed by atoms with van der Waals surface area (Å²) in [5.41, 5.74) is 13.0. The van der Waals surface area contributed by atoms with Gasteiger partial charge in [-0.15, -0.1) is 0 Å². The van der Waals surface area contributed by atoms with E-state index in [1.54, 1.807) is 0 Å². The van der Waals surface area contributed by atoms with Crippen LogP contribution >= 0.6 is 0 Å². The van der Waals surface area contributed by atoms with E-state index in [0.717, 1.165) is 0 Å². The molecule has 0 amide bonds. The van der Waals surface area contributed by atoms with Gasteiger partial charge in [-0.05, 0) is 141 Å². The van der Waals surface area contributed by atoms with Crippen LogP contribution in [0, 0.1) is 6.92 Å². The SMILES string of the molecule is Cc1ccc(N(c2ccc(C(C)C)cc2)c2c3c(cc4cc5cc6c(cc5cc24)C(C)(C)CCC6(C)C)C(C)(C)CCC3(C)C)cc1. The predicted molar refractivity (Wildman–Crippen MR) is 206 cm³/mol. The van der Waals surface area contributed by atoms with Gasteiger partial charge in [0.05, 0.1) is 5.69 Å². The van der Waals surface area contributed by atoms with Gasteiger partial charge in [0, 0.05) is 16.8 Å². The molecule has 0 aliphatic heterocycles. The lowest BCUT2D eigenvalue weighted by atomic mass is 9.61. The lowest BCUT2D eigenvalue weighted by molar-refractivity contribution is 0.332. The minimum Gasteiger partial charge on any atom is -0.310 e. The lowest BCUT2D eigenvalue weighted by Crippen LogP contribution is -2.35. The Hall–Kier alpha value is -3.58. The van der Waals surface area contributed by atoms with Crippen molar-refractivity contribution in [3.8, 4) is 0 Å². The topological polar surface area (TPSA) is 3.24 Å². The Morgan fingerprint density at radius 2 is 0.957 bits per heavy atom. The summed E-state index contributed by atoms with van der Waals surface area (Å²) in [6, 6.07) is 31.3. The monoisotopic (exact) mass is 621 g/mol. The Morgan fingerprint density at radius 1 is 0.511 bits per heavy atom. The van der Waals surface area contributed by atoms with Crippen LogP contribution in [0.3, 0.4) is 0 Å². The Labute approximate surface area is 284 Å². The molecule has 0 radical (unpaired) electrons. The van der Waals surface area contributed by atoms with Crippen LogP contribution < -0.4 is 4.90 Å². The molecule has 0 fully saturated rings. The van der Waals surface area contributed by atoms with Crippen LogP contribution in [0.1, 0.15) is 134 Å². The number of nitrogens with zero attached hydrogens (tertiary/aromatic N) is 1. The summed E-state index contributed by atoms with van der Waals surface area (Å²) in [7, 11) is 0. The zero-order valence-electron chi connectivity index (χ0n) is 30.9. The molecular weight excluding hydrogens is 567 g/mol. The number of hydrogen-bond acceptors (Lipinski definition) is 1. The fourth-order valence-electron chi connectivity index (χ4n) is 8.64. The molecule has 2 aliphatic carbocycles. The van der Waals surface area contributed by atoms with Crippen molar-refractivity contribution >= 4 is 38.6 Å². The van der Waals surface area contributed by atoms with E-state index >= 15 is 0 Å². The van der Waals surface area contributed by atoms with Crippen molar-refractivity contribution in [3.05, 3.63) is 112 Å². The quantitative estimate of drug-likeness (QED) is 0.180. The highest BCUT2D eigenvalue weighted by Crippen LogP contribution is 2.55. The molecule has 7 rings (SSSR count). The van der Waals surface area contributed by atoms with E-state index in [1.807, 2.05) is 0 Å². The maximum atomic E-state index is 2.59. The largest absolute Gasteiger partial charge is 0.310 e. The first-order chi connectivity index (χ1) is 22.0. The van der Waals surface area contributed by atoms with Gasteiger partial charge < -0.3 is 4.90 Å². The average molecular weight is 622 g/mol. The van der Waals surface area contributed by atoms with Gasteiger partial charge in [-0.3, -0.25) is 0 Å². The van der Waals surface area contributed by atoms with Gasteiger partial charge in [0.1, 0.15) is 0 Å². The molecule has 0 atom stereocenters. The van der Waals surface area contributed by atoms with Crippen molar-refractivity contribution in [2.24, 2.45) is 0 Å². The Morgan fingerprint density at radius 3 is 1.49 bits per heavy atom. The third-order valence-corrected chi connectivity index (χ3v) is 12.2. The molecule has 1 heteroatoms. The fraction of sp³-hybridized carbons (Fsp3) is 0.435. The van der Waals surface area contributed by atoms with E-state index in [-0.39, 0.29) is 21.7 Å². The minimum atomic E-state index is 0.0338. The van der Waals surface area contributed by atoms with Crippen LogP contribution in [-0.4, -0.2) is 0 Å². The average Bonchev–Trinajstić information content (AvgIpc) is 3.01. The molecule has 2 aliphatic rings. The second-order valence-corrected chi connectivity index (χ2v) is 17.9. The number of fused-ring (bicyclic) bond motifs is 4. The van der Waals surface area contributed by atoms with Gasteiger partial charge in [-0.2, -0.15) is 0 Å². The van der Waals surface area contributed by atoms with E-state index in [1.165, 1.54) is 97.7 Å². The molecule has 0 spiro atoms. The molecule has 47 heavy (non-hydrogen) atoms. The maximum Gasteiger partial charge on any atom is 0.0580 e. The third kappa shape index (κ3) is 5.29. The molecule has 0 aromatic heterocycles. The normalized spacial score (nSPS) is 19.1. The molecule has 0 N–H and O–H groups in total. The molecule has 244 valence electrons. The van der Waals surface area contributed by atoms with Crippen LogP contribution in [0.5, 0.6) is 0 Å².